The van der Waals surface area contributed by atoms with Crippen LogP contribution in [0.4, 0.5) is 10.1 Å². The standard InChI is InChI=1S/C21H20FN3O2/c1-12-15-11-14(27-3)5-7-18(15)24-8-9-25-20(19(12)24)23(2)17-6-4-13(22)10-16(17)21(25)26/h4-7,10-11,20H,8-9H2,1-3H3. The minimum Gasteiger partial charge on any atom is -0.497 e. The van der Waals surface area contributed by atoms with Crippen LogP contribution in [-0.2, 0) is 6.54 Å². The summed E-state index contributed by atoms with van der Waals surface area (Å²) >= 11 is 0. The average Bonchev–Trinajstić information content (AvgIpc) is 2.97. The molecular weight excluding hydrogens is 345 g/mol. The van der Waals surface area contributed by atoms with E-state index < -0.39 is 0 Å². The second-order valence-electron chi connectivity index (χ2n) is 7.19. The maximum atomic E-state index is 13.7. The molecule has 2 aliphatic rings. The van der Waals surface area contributed by atoms with E-state index in [2.05, 4.69) is 22.5 Å². The van der Waals surface area contributed by atoms with Crippen LogP contribution in [0.5, 0.6) is 5.75 Å². The number of aryl methyl sites for hydroxylation is 1. The minimum atomic E-state index is -0.386. The van der Waals surface area contributed by atoms with Gasteiger partial charge in [-0.05, 0) is 48.9 Å². The van der Waals surface area contributed by atoms with Gasteiger partial charge in [0.25, 0.3) is 5.91 Å². The van der Waals surface area contributed by atoms with Crippen LogP contribution in [0.1, 0.15) is 27.8 Å². The van der Waals surface area contributed by atoms with E-state index in [9.17, 15) is 9.18 Å². The Kier molecular flexibility index (Phi) is 3.29. The first-order chi connectivity index (χ1) is 13.0. The number of anilines is 1. The summed E-state index contributed by atoms with van der Waals surface area (Å²) in [5, 5.41) is 1.14. The monoisotopic (exact) mass is 365 g/mol. The topological polar surface area (TPSA) is 37.7 Å². The summed E-state index contributed by atoms with van der Waals surface area (Å²) in [7, 11) is 3.63. The first-order valence-electron chi connectivity index (χ1n) is 9.01. The number of aromatic nitrogens is 1. The van der Waals surface area contributed by atoms with Crippen molar-refractivity contribution in [2.75, 3.05) is 25.6 Å². The van der Waals surface area contributed by atoms with Crippen molar-refractivity contribution in [2.24, 2.45) is 0 Å². The predicted molar refractivity (Wildman–Crippen MR) is 102 cm³/mol. The summed E-state index contributed by atoms with van der Waals surface area (Å²) in [4.78, 5) is 17.0. The number of amides is 1. The number of carbonyl (C=O) groups is 1. The van der Waals surface area contributed by atoms with Gasteiger partial charge < -0.3 is 19.1 Å². The highest BCUT2D eigenvalue weighted by molar-refractivity contribution is 6.02. The Morgan fingerprint density at radius 3 is 2.74 bits per heavy atom. The number of fused-ring (bicyclic) bond motifs is 6. The Hall–Kier alpha value is -3.02. The molecule has 3 aromatic rings. The molecule has 3 heterocycles. The number of hydrogen-bond acceptors (Lipinski definition) is 3. The third-order valence-corrected chi connectivity index (χ3v) is 5.87. The van der Waals surface area contributed by atoms with Crippen molar-refractivity contribution in [3.8, 4) is 5.75 Å². The molecular formula is C21H20FN3O2. The van der Waals surface area contributed by atoms with E-state index in [1.165, 1.54) is 12.1 Å². The van der Waals surface area contributed by atoms with Gasteiger partial charge in [-0.1, -0.05) is 0 Å². The molecule has 5 rings (SSSR count). The zero-order valence-electron chi connectivity index (χ0n) is 15.5. The molecule has 1 atom stereocenters. The normalized spacial score (nSPS) is 18.4. The summed E-state index contributed by atoms with van der Waals surface area (Å²) in [6, 6.07) is 10.5. The van der Waals surface area contributed by atoms with Crippen molar-refractivity contribution in [3.05, 3.63) is 59.0 Å². The van der Waals surface area contributed by atoms with E-state index in [4.69, 9.17) is 4.74 Å². The summed E-state index contributed by atoms with van der Waals surface area (Å²) in [5.41, 5.74) is 4.59. The van der Waals surface area contributed by atoms with Gasteiger partial charge in [-0.2, -0.15) is 0 Å². The Labute approximate surface area is 156 Å². The molecule has 138 valence electrons. The Balaban J connectivity index is 1.74. The second kappa shape index (κ2) is 5.49. The number of nitrogens with zero attached hydrogens (tertiary/aromatic N) is 3. The highest BCUT2D eigenvalue weighted by atomic mass is 19.1. The first-order valence-corrected chi connectivity index (χ1v) is 9.01. The van der Waals surface area contributed by atoms with Gasteiger partial charge in [-0.25, -0.2) is 4.39 Å². The first kappa shape index (κ1) is 16.2. The third-order valence-electron chi connectivity index (χ3n) is 5.87. The second-order valence-corrected chi connectivity index (χ2v) is 7.19. The molecule has 1 aromatic heterocycles. The molecule has 0 saturated carbocycles. The lowest BCUT2D eigenvalue weighted by atomic mass is 10.0. The molecule has 0 radical (unpaired) electrons. The van der Waals surface area contributed by atoms with E-state index >= 15 is 0 Å². The summed E-state index contributed by atoms with van der Waals surface area (Å²) in [6.45, 7) is 3.40. The van der Waals surface area contributed by atoms with E-state index in [1.807, 2.05) is 24.1 Å². The van der Waals surface area contributed by atoms with Crippen molar-refractivity contribution >= 4 is 22.5 Å². The number of ether oxygens (including phenoxy) is 1. The Bertz CT molecular complexity index is 1100. The molecule has 5 nitrogen and oxygen atoms in total. The zero-order valence-corrected chi connectivity index (χ0v) is 15.5. The predicted octanol–water partition coefficient (Wildman–Crippen LogP) is 3.70. The van der Waals surface area contributed by atoms with Crippen LogP contribution >= 0.6 is 0 Å². The molecule has 1 amide bonds. The van der Waals surface area contributed by atoms with Crippen molar-refractivity contribution in [1.29, 1.82) is 0 Å². The van der Waals surface area contributed by atoms with Gasteiger partial charge in [0.1, 0.15) is 17.7 Å². The Morgan fingerprint density at radius 1 is 1.15 bits per heavy atom. The number of carbonyl (C=O) groups excluding carboxylic acids is 1. The van der Waals surface area contributed by atoms with Gasteiger partial charge in [-0.3, -0.25) is 4.79 Å². The van der Waals surface area contributed by atoms with Crippen molar-refractivity contribution < 1.29 is 13.9 Å². The smallest absolute Gasteiger partial charge is 0.258 e. The maximum Gasteiger partial charge on any atom is 0.258 e. The molecule has 0 spiro atoms. The van der Waals surface area contributed by atoms with Crippen LogP contribution in [0.15, 0.2) is 36.4 Å². The van der Waals surface area contributed by atoms with Crippen molar-refractivity contribution in [1.82, 2.24) is 9.47 Å². The molecule has 2 aromatic carbocycles. The average molecular weight is 365 g/mol. The molecule has 6 heteroatoms. The van der Waals surface area contributed by atoms with Gasteiger partial charge in [-0.15, -0.1) is 0 Å². The number of benzene rings is 2. The molecule has 0 N–H and O–H groups in total. The molecule has 0 saturated heterocycles. The largest absolute Gasteiger partial charge is 0.497 e. The fourth-order valence-corrected chi connectivity index (χ4v) is 4.58. The fourth-order valence-electron chi connectivity index (χ4n) is 4.58. The van der Waals surface area contributed by atoms with Crippen LogP contribution in [0.25, 0.3) is 10.9 Å². The van der Waals surface area contributed by atoms with Gasteiger partial charge in [0, 0.05) is 31.0 Å². The number of methoxy groups -OCH3 is 1. The Morgan fingerprint density at radius 2 is 1.96 bits per heavy atom. The quantitative estimate of drug-likeness (QED) is 0.660. The van der Waals surface area contributed by atoms with Crippen molar-refractivity contribution in [2.45, 2.75) is 19.6 Å². The molecule has 27 heavy (non-hydrogen) atoms. The number of halogens is 1. The highest BCUT2D eigenvalue weighted by Crippen LogP contribution is 2.43. The third kappa shape index (κ3) is 2.07. The van der Waals surface area contributed by atoms with E-state index in [-0.39, 0.29) is 17.9 Å². The summed E-state index contributed by atoms with van der Waals surface area (Å²) in [5.74, 6) is 0.323. The van der Waals surface area contributed by atoms with E-state index in [0.717, 1.165) is 33.6 Å². The SMILES string of the molecule is COc1ccc2c(c1)c(C)c1n2CCN2C(=O)c3cc(F)ccc3N(C)C12. The number of hydrogen-bond donors (Lipinski definition) is 0. The zero-order chi connectivity index (χ0) is 18.9. The van der Waals surface area contributed by atoms with Gasteiger partial charge in [0.05, 0.1) is 24.1 Å². The van der Waals surface area contributed by atoms with Crippen LogP contribution in [-0.4, -0.2) is 36.1 Å². The van der Waals surface area contributed by atoms with Crippen LogP contribution in [0, 0.1) is 12.7 Å². The van der Waals surface area contributed by atoms with E-state index in [1.54, 1.807) is 13.2 Å². The minimum absolute atomic E-state index is 0.110. The molecule has 2 aliphatic heterocycles. The van der Waals surface area contributed by atoms with E-state index in [0.29, 0.717) is 18.7 Å². The maximum absolute atomic E-state index is 13.7. The van der Waals surface area contributed by atoms with Gasteiger partial charge in [0.2, 0.25) is 0 Å². The van der Waals surface area contributed by atoms with Gasteiger partial charge in [0.15, 0.2) is 0 Å². The van der Waals surface area contributed by atoms with Crippen molar-refractivity contribution in [3.63, 3.8) is 0 Å². The van der Waals surface area contributed by atoms with Crippen LogP contribution < -0.4 is 9.64 Å². The summed E-state index contributed by atoms with van der Waals surface area (Å²) in [6.07, 6.45) is -0.206. The molecule has 0 fully saturated rings. The lowest BCUT2D eigenvalue weighted by Gasteiger charge is -2.47. The molecule has 1 unspecified atom stereocenters. The lowest BCUT2D eigenvalue weighted by molar-refractivity contribution is 0.0600. The van der Waals surface area contributed by atoms with Crippen LogP contribution in [0.2, 0.25) is 0 Å². The molecule has 0 bridgehead atoms. The summed E-state index contributed by atoms with van der Waals surface area (Å²) < 4.78 is 21.4. The highest BCUT2D eigenvalue weighted by Gasteiger charge is 2.42. The molecule has 0 aliphatic carbocycles. The fraction of sp³-hybridized carbons (Fsp3) is 0.286. The number of rotatable bonds is 1. The lowest BCUT2D eigenvalue weighted by Crippen LogP contribution is -2.52. The van der Waals surface area contributed by atoms with Crippen LogP contribution in [0.3, 0.4) is 0 Å². The van der Waals surface area contributed by atoms with Gasteiger partial charge >= 0.3 is 0 Å².